The average Bonchev–Trinajstić information content (AvgIpc) is 3.19. The Morgan fingerprint density at radius 3 is 2.69 bits per heavy atom. The molecule has 0 aliphatic heterocycles. The number of aryl methyl sites for hydroxylation is 1. The average molecular weight is 358 g/mol. The van der Waals surface area contributed by atoms with Crippen LogP contribution in [0.15, 0.2) is 45.4 Å². The molecule has 0 atom stereocenters. The molecule has 0 fully saturated rings. The lowest BCUT2D eigenvalue weighted by atomic mass is 10.1. The number of rotatable bonds is 6. The molecular formula is C17H18N4O5. The number of nitrogens with zero attached hydrogens (tertiary/aromatic N) is 3. The van der Waals surface area contributed by atoms with Crippen LogP contribution in [-0.4, -0.2) is 35.5 Å². The Morgan fingerprint density at radius 1 is 1.19 bits per heavy atom. The molecular weight excluding hydrogens is 340 g/mol. The van der Waals surface area contributed by atoms with E-state index in [1.807, 2.05) is 30.3 Å². The van der Waals surface area contributed by atoms with Gasteiger partial charge in [-0.05, 0) is 12.1 Å². The fourth-order valence-corrected chi connectivity index (χ4v) is 2.19. The highest BCUT2D eigenvalue weighted by Gasteiger charge is 2.17. The third kappa shape index (κ3) is 4.19. The van der Waals surface area contributed by atoms with Crippen LogP contribution < -0.4 is 14.9 Å². The summed E-state index contributed by atoms with van der Waals surface area (Å²) in [5, 5.41) is 9.24. The summed E-state index contributed by atoms with van der Waals surface area (Å²) in [7, 11) is 3.31. The van der Waals surface area contributed by atoms with Gasteiger partial charge in [0.1, 0.15) is 18.1 Å². The summed E-state index contributed by atoms with van der Waals surface area (Å²) < 4.78 is 20.7. The zero-order valence-corrected chi connectivity index (χ0v) is 14.6. The van der Waals surface area contributed by atoms with Crippen molar-refractivity contribution in [1.29, 1.82) is 0 Å². The minimum absolute atomic E-state index is 0.0790. The molecule has 0 saturated heterocycles. The lowest BCUT2D eigenvalue weighted by Crippen LogP contribution is -2.38. The largest absolute Gasteiger partial charge is 0.470 e. The molecule has 0 unspecified atom stereocenters. The highest BCUT2D eigenvalue weighted by Crippen LogP contribution is 2.27. The van der Waals surface area contributed by atoms with Crippen LogP contribution in [0.1, 0.15) is 11.3 Å². The standard InChI is InChI=1S/C17H18N4O5/c1-11-13(16(20-25-11)12-7-5-4-6-8-12)10-23-14-9-15(26-19-14)24-17(22)18-21(2)3/h4-9H,10H2,1-3H3,(H,18,22). The first-order chi connectivity index (χ1) is 12.5. The maximum Gasteiger partial charge on any atom is 0.429 e. The number of nitrogens with one attached hydrogen (secondary N) is 1. The minimum Gasteiger partial charge on any atom is -0.470 e. The predicted molar refractivity (Wildman–Crippen MR) is 90.4 cm³/mol. The molecule has 1 aromatic carbocycles. The minimum atomic E-state index is -0.695. The van der Waals surface area contributed by atoms with Crippen molar-refractivity contribution in [2.75, 3.05) is 14.1 Å². The van der Waals surface area contributed by atoms with Gasteiger partial charge in [0.15, 0.2) is 0 Å². The maximum atomic E-state index is 11.5. The molecule has 0 aliphatic rings. The molecule has 3 aromatic rings. The third-order valence-corrected chi connectivity index (χ3v) is 3.37. The van der Waals surface area contributed by atoms with Gasteiger partial charge in [0.2, 0.25) is 0 Å². The van der Waals surface area contributed by atoms with Crippen LogP contribution in [0.3, 0.4) is 0 Å². The Balaban J connectivity index is 1.65. The second-order valence-electron chi connectivity index (χ2n) is 5.60. The van der Waals surface area contributed by atoms with E-state index in [2.05, 4.69) is 15.7 Å². The number of aromatic nitrogens is 2. The van der Waals surface area contributed by atoms with Crippen LogP contribution in [0.5, 0.6) is 11.8 Å². The fourth-order valence-electron chi connectivity index (χ4n) is 2.19. The van der Waals surface area contributed by atoms with Gasteiger partial charge in [-0.3, -0.25) is 5.43 Å². The van der Waals surface area contributed by atoms with Crippen LogP contribution >= 0.6 is 0 Å². The molecule has 136 valence electrons. The molecule has 9 nitrogen and oxygen atoms in total. The number of ether oxygens (including phenoxy) is 2. The second kappa shape index (κ2) is 7.70. The number of hydrazine groups is 1. The summed E-state index contributed by atoms with van der Waals surface area (Å²) in [6.45, 7) is 1.98. The Bertz CT molecular complexity index is 872. The number of hydrogen-bond acceptors (Lipinski definition) is 8. The number of carbonyl (C=O) groups excluding carboxylic acids is 1. The van der Waals surface area contributed by atoms with Crippen molar-refractivity contribution in [3.8, 4) is 23.1 Å². The predicted octanol–water partition coefficient (Wildman–Crippen LogP) is 2.78. The number of benzene rings is 1. The van der Waals surface area contributed by atoms with E-state index in [-0.39, 0.29) is 18.4 Å². The zero-order valence-electron chi connectivity index (χ0n) is 14.6. The van der Waals surface area contributed by atoms with Crippen molar-refractivity contribution in [2.24, 2.45) is 0 Å². The molecule has 3 rings (SSSR count). The molecule has 0 spiro atoms. The smallest absolute Gasteiger partial charge is 0.429 e. The van der Waals surface area contributed by atoms with E-state index in [1.54, 1.807) is 21.0 Å². The second-order valence-corrected chi connectivity index (χ2v) is 5.60. The highest BCUT2D eigenvalue weighted by molar-refractivity contribution is 5.69. The lowest BCUT2D eigenvalue weighted by molar-refractivity contribution is 0.154. The maximum absolute atomic E-state index is 11.5. The highest BCUT2D eigenvalue weighted by atomic mass is 16.7. The molecule has 0 saturated carbocycles. The van der Waals surface area contributed by atoms with Gasteiger partial charge >= 0.3 is 12.0 Å². The van der Waals surface area contributed by atoms with Crippen molar-refractivity contribution in [1.82, 2.24) is 20.7 Å². The van der Waals surface area contributed by atoms with Gasteiger partial charge in [-0.25, -0.2) is 9.80 Å². The van der Waals surface area contributed by atoms with Crippen molar-refractivity contribution in [3.63, 3.8) is 0 Å². The lowest BCUT2D eigenvalue weighted by Gasteiger charge is -2.09. The summed E-state index contributed by atoms with van der Waals surface area (Å²) in [5.74, 6) is 0.746. The van der Waals surface area contributed by atoms with Crippen molar-refractivity contribution in [2.45, 2.75) is 13.5 Å². The van der Waals surface area contributed by atoms with Crippen LogP contribution in [0.4, 0.5) is 4.79 Å². The first kappa shape index (κ1) is 17.5. The third-order valence-electron chi connectivity index (χ3n) is 3.37. The summed E-state index contributed by atoms with van der Waals surface area (Å²) in [6, 6.07) is 11.0. The van der Waals surface area contributed by atoms with E-state index < -0.39 is 6.09 Å². The SMILES string of the molecule is Cc1onc(-c2ccccc2)c1COc1cc(OC(=O)NN(C)C)on1. The number of amides is 1. The molecule has 26 heavy (non-hydrogen) atoms. The Morgan fingerprint density at radius 2 is 1.96 bits per heavy atom. The number of hydrogen-bond donors (Lipinski definition) is 1. The first-order valence-corrected chi connectivity index (χ1v) is 7.79. The van der Waals surface area contributed by atoms with Gasteiger partial charge in [0, 0.05) is 19.7 Å². The van der Waals surface area contributed by atoms with Gasteiger partial charge in [0.05, 0.1) is 11.6 Å². The van der Waals surface area contributed by atoms with Gasteiger partial charge in [-0.15, -0.1) is 0 Å². The molecule has 0 bridgehead atoms. The molecule has 1 amide bonds. The molecule has 2 heterocycles. The van der Waals surface area contributed by atoms with Crippen LogP contribution in [0.25, 0.3) is 11.3 Å². The van der Waals surface area contributed by atoms with Crippen molar-refractivity contribution >= 4 is 6.09 Å². The monoisotopic (exact) mass is 358 g/mol. The van der Waals surface area contributed by atoms with E-state index in [0.29, 0.717) is 11.5 Å². The molecule has 1 N–H and O–H groups in total. The van der Waals surface area contributed by atoms with Crippen LogP contribution in [-0.2, 0) is 6.61 Å². The first-order valence-electron chi connectivity index (χ1n) is 7.79. The molecule has 9 heteroatoms. The van der Waals surface area contributed by atoms with Gasteiger partial charge in [-0.2, -0.15) is 0 Å². The summed E-state index contributed by atoms with van der Waals surface area (Å²) in [5.41, 5.74) is 4.83. The van der Waals surface area contributed by atoms with Gasteiger partial charge in [-0.1, -0.05) is 35.5 Å². The Labute approximate surface area is 149 Å². The van der Waals surface area contributed by atoms with E-state index in [9.17, 15) is 4.79 Å². The zero-order chi connectivity index (χ0) is 18.5. The summed E-state index contributed by atoms with van der Waals surface area (Å²) in [6.07, 6.45) is -0.695. The van der Waals surface area contributed by atoms with Crippen LogP contribution in [0, 0.1) is 6.92 Å². The van der Waals surface area contributed by atoms with Crippen molar-refractivity contribution < 1.29 is 23.3 Å². The normalized spacial score (nSPS) is 10.8. The van der Waals surface area contributed by atoms with E-state index in [4.69, 9.17) is 18.5 Å². The van der Waals surface area contributed by atoms with E-state index >= 15 is 0 Å². The Kier molecular flexibility index (Phi) is 5.18. The van der Waals surface area contributed by atoms with Gasteiger partial charge in [0.25, 0.3) is 5.88 Å². The summed E-state index contributed by atoms with van der Waals surface area (Å²) in [4.78, 5) is 11.5. The van der Waals surface area contributed by atoms with E-state index in [0.717, 1.165) is 11.1 Å². The molecule has 0 aliphatic carbocycles. The fraction of sp³-hybridized carbons (Fsp3) is 0.235. The Hall–Kier alpha value is -3.33. The number of carbonyl (C=O) groups is 1. The van der Waals surface area contributed by atoms with E-state index in [1.165, 1.54) is 11.1 Å². The topological polar surface area (TPSA) is 103 Å². The van der Waals surface area contributed by atoms with Crippen molar-refractivity contribution in [3.05, 3.63) is 47.7 Å². The molecule has 0 radical (unpaired) electrons. The molecule has 2 aromatic heterocycles. The summed E-state index contributed by atoms with van der Waals surface area (Å²) >= 11 is 0. The van der Waals surface area contributed by atoms with Gasteiger partial charge < -0.3 is 18.5 Å². The quantitative estimate of drug-likeness (QED) is 0.671. The van der Waals surface area contributed by atoms with Crippen LogP contribution in [0.2, 0.25) is 0 Å².